The molecule has 0 aromatic rings. The average Bonchev–Trinajstić information content (AvgIpc) is 2.02. The summed E-state index contributed by atoms with van der Waals surface area (Å²) in [6.45, 7) is 5.67. The first-order valence-electron chi connectivity index (χ1n) is 5.24. The van der Waals surface area contributed by atoms with Crippen molar-refractivity contribution < 1.29 is 34.7 Å². The Balaban J connectivity index is 0. The van der Waals surface area contributed by atoms with Crippen molar-refractivity contribution in [3.05, 3.63) is 6.92 Å². The van der Waals surface area contributed by atoms with Crippen molar-refractivity contribution in [2.45, 2.75) is 64.4 Å². The van der Waals surface area contributed by atoms with E-state index >= 15 is 0 Å². The van der Waals surface area contributed by atoms with E-state index in [1.807, 2.05) is 6.92 Å². The molecule has 0 aliphatic rings. The van der Waals surface area contributed by atoms with Gasteiger partial charge in [0.25, 0.3) is 0 Å². The molecule has 13 heavy (non-hydrogen) atoms. The van der Waals surface area contributed by atoms with Crippen molar-refractivity contribution in [2.75, 3.05) is 0 Å². The molecule has 74 valence electrons. The number of hydrogen-bond donors (Lipinski definition) is 1. The van der Waals surface area contributed by atoms with Crippen LogP contribution in [0.3, 0.4) is 0 Å². The summed E-state index contributed by atoms with van der Waals surface area (Å²) in [4.78, 5) is 0. The molecule has 1 unspecified atom stereocenters. The van der Waals surface area contributed by atoms with Crippen LogP contribution in [0.2, 0.25) is 0 Å². The van der Waals surface area contributed by atoms with Gasteiger partial charge in [0.05, 0.1) is 6.10 Å². The zero-order chi connectivity index (χ0) is 9.23. The Morgan fingerprint density at radius 3 is 1.92 bits per heavy atom. The molecular weight excluding hydrogens is 171 g/mol. The largest absolute Gasteiger partial charge is 1.00 e. The van der Waals surface area contributed by atoms with Crippen LogP contribution < -0.4 is 29.6 Å². The molecule has 0 fully saturated rings. The van der Waals surface area contributed by atoms with Gasteiger partial charge in [0.1, 0.15) is 0 Å². The van der Waals surface area contributed by atoms with E-state index in [0.29, 0.717) is 0 Å². The molecule has 1 atom stereocenters. The van der Waals surface area contributed by atoms with Crippen LogP contribution in [0.4, 0.5) is 0 Å². The summed E-state index contributed by atoms with van der Waals surface area (Å²) in [6.07, 6.45) is 9.67. The number of unbranched alkanes of at least 4 members (excludes halogenated alkanes) is 6. The monoisotopic (exact) mass is 194 g/mol. The topological polar surface area (TPSA) is 20.2 Å². The van der Waals surface area contributed by atoms with Gasteiger partial charge in [-0.15, -0.1) is 0 Å². The molecule has 0 aromatic heterocycles. The van der Waals surface area contributed by atoms with Crippen molar-refractivity contribution in [2.24, 2.45) is 0 Å². The van der Waals surface area contributed by atoms with Crippen LogP contribution in [-0.2, 0) is 0 Å². The molecule has 2 heteroatoms. The second-order valence-electron chi connectivity index (χ2n) is 3.61. The number of aliphatic hydroxyl groups excluding tert-OH is 1. The third-order valence-electron chi connectivity index (χ3n) is 2.12. The molecule has 0 amide bonds. The molecule has 0 aliphatic carbocycles. The smallest absolute Gasteiger partial charge is 0.393 e. The fraction of sp³-hybridized carbons (Fsp3) is 0.909. The Hall–Kier alpha value is 0.960. The van der Waals surface area contributed by atoms with Gasteiger partial charge in [-0.25, -0.2) is 0 Å². The van der Waals surface area contributed by atoms with Gasteiger partial charge in [-0.3, -0.25) is 0 Å². The number of rotatable bonds is 8. The summed E-state index contributed by atoms with van der Waals surface area (Å²) >= 11 is 0. The van der Waals surface area contributed by atoms with Crippen LogP contribution in [0, 0.1) is 6.92 Å². The van der Waals surface area contributed by atoms with E-state index in [2.05, 4.69) is 6.92 Å². The molecule has 1 N–H and O–H groups in total. The van der Waals surface area contributed by atoms with Gasteiger partial charge < -0.3 is 12.0 Å². The summed E-state index contributed by atoms with van der Waals surface area (Å²) in [5, 5.41) is 8.98. The molecule has 0 saturated heterocycles. The Morgan fingerprint density at radius 2 is 1.46 bits per heavy atom. The predicted molar refractivity (Wildman–Crippen MR) is 54.0 cm³/mol. The van der Waals surface area contributed by atoms with E-state index in [4.69, 9.17) is 5.11 Å². The molecule has 0 aliphatic heterocycles. The first-order chi connectivity index (χ1) is 5.77. The normalized spacial score (nSPS) is 12.2. The maximum atomic E-state index is 8.98. The summed E-state index contributed by atoms with van der Waals surface area (Å²) in [5.74, 6) is 0. The predicted octanol–water partition coefficient (Wildman–Crippen LogP) is 0.326. The average molecular weight is 194 g/mol. The third-order valence-corrected chi connectivity index (χ3v) is 2.12. The van der Waals surface area contributed by atoms with E-state index in [1.54, 1.807) is 0 Å². The van der Waals surface area contributed by atoms with E-state index in [1.165, 1.54) is 38.5 Å². The van der Waals surface area contributed by atoms with E-state index in [-0.39, 0.29) is 35.7 Å². The van der Waals surface area contributed by atoms with Gasteiger partial charge in [0, 0.05) is 0 Å². The Bertz CT molecular complexity index is 84.2. The fourth-order valence-corrected chi connectivity index (χ4v) is 1.32. The fourth-order valence-electron chi connectivity index (χ4n) is 1.32. The number of hydrogen-bond acceptors (Lipinski definition) is 1. The van der Waals surface area contributed by atoms with E-state index in [0.717, 1.165) is 12.8 Å². The van der Waals surface area contributed by atoms with Crippen molar-refractivity contribution in [3.63, 3.8) is 0 Å². The van der Waals surface area contributed by atoms with Crippen LogP contribution in [0.5, 0.6) is 0 Å². The zero-order valence-electron chi connectivity index (χ0n) is 9.39. The van der Waals surface area contributed by atoms with Gasteiger partial charge in [0.15, 0.2) is 0 Å². The van der Waals surface area contributed by atoms with E-state index < -0.39 is 0 Å². The molecule has 1 nitrogen and oxygen atoms in total. The Labute approximate surface area is 106 Å². The van der Waals surface area contributed by atoms with Crippen molar-refractivity contribution in [3.8, 4) is 0 Å². The summed E-state index contributed by atoms with van der Waals surface area (Å²) in [6, 6.07) is 0. The minimum absolute atomic E-state index is 0. The minimum Gasteiger partial charge on any atom is -0.393 e. The van der Waals surface area contributed by atoms with Crippen molar-refractivity contribution in [1.29, 1.82) is 0 Å². The van der Waals surface area contributed by atoms with Crippen LogP contribution in [0.1, 0.15) is 58.3 Å². The summed E-state index contributed by atoms with van der Waals surface area (Å²) < 4.78 is 0. The van der Waals surface area contributed by atoms with Crippen LogP contribution >= 0.6 is 0 Å². The second-order valence-corrected chi connectivity index (χ2v) is 3.61. The zero-order valence-corrected chi connectivity index (χ0v) is 11.4. The number of aliphatic hydroxyl groups is 1. The molecular formula is C11H23NaO. The summed E-state index contributed by atoms with van der Waals surface area (Å²) in [5.41, 5.74) is 0. The first-order valence-corrected chi connectivity index (χ1v) is 5.24. The molecule has 0 saturated carbocycles. The van der Waals surface area contributed by atoms with Crippen LogP contribution in [0.15, 0.2) is 0 Å². The molecule has 0 radical (unpaired) electrons. The van der Waals surface area contributed by atoms with Gasteiger partial charge in [0.2, 0.25) is 0 Å². The Kier molecular flexibility index (Phi) is 16.3. The molecule has 0 spiro atoms. The molecule has 0 heterocycles. The second kappa shape index (κ2) is 13.0. The molecule has 0 aromatic carbocycles. The Morgan fingerprint density at radius 1 is 1.00 bits per heavy atom. The van der Waals surface area contributed by atoms with Gasteiger partial charge in [-0.1, -0.05) is 38.5 Å². The third kappa shape index (κ3) is 15.7. The van der Waals surface area contributed by atoms with Gasteiger partial charge in [-0.05, 0) is 13.3 Å². The quantitative estimate of drug-likeness (QED) is 0.335. The van der Waals surface area contributed by atoms with Gasteiger partial charge >= 0.3 is 29.6 Å². The standard InChI is InChI=1S/C11H23O.Na/c1-3-4-5-6-7-8-9-10-11(2)12;/h11-12H,1,3-10H2,2H3;/q-1;+1. The van der Waals surface area contributed by atoms with Crippen LogP contribution in [-0.4, -0.2) is 11.2 Å². The molecule has 0 bridgehead atoms. The van der Waals surface area contributed by atoms with Crippen molar-refractivity contribution in [1.82, 2.24) is 0 Å². The maximum Gasteiger partial charge on any atom is 1.00 e. The first kappa shape index (κ1) is 16.4. The van der Waals surface area contributed by atoms with E-state index in [9.17, 15) is 0 Å². The summed E-state index contributed by atoms with van der Waals surface area (Å²) in [7, 11) is 0. The minimum atomic E-state index is -0.107. The molecule has 0 rings (SSSR count). The van der Waals surface area contributed by atoms with Crippen LogP contribution in [0.25, 0.3) is 0 Å². The van der Waals surface area contributed by atoms with Crippen molar-refractivity contribution >= 4 is 0 Å². The SMILES string of the molecule is [CH2-]CCCCCCCCC(C)O.[Na+]. The van der Waals surface area contributed by atoms with Gasteiger partial charge in [-0.2, -0.15) is 6.42 Å². The maximum absolute atomic E-state index is 8.98.